The van der Waals surface area contributed by atoms with E-state index >= 15 is 0 Å². The number of hydrogen-bond donors (Lipinski definition) is 1. The predicted molar refractivity (Wildman–Crippen MR) is 64.4 cm³/mol. The Kier molecular flexibility index (Phi) is 3.69. The molecule has 0 bridgehead atoms. The summed E-state index contributed by atoms with van der Waals surface area (Å²) in [5.41, 5.74) is 7.07. The van der Waals surface area contributed by atoms with Crippen LogP contribution in [0, 0.1) is 5.41 Å². The summed E-state index contributed by atoms with van der Waals surface area (Å²) in [6.07, 6.45) is 1.84. The standard InChI is InChI=1S/C12H21N3/c1-12(2,3)9-15(4)8-10-5-6-11(13)14-7-10/h5-7H,8-9H2,1-4H3,(H2,13,14). The van der Waals surface area contributed by atoms with Crippen LogP contribution < -0.4 is 5.73 Å². The Morgan fingerprint density at radius 2 is 2.00 bits per heavy atom. The highest BCUT2D eigenvalue weighted by Gasteiger charge is 2.13. The largest absolute Gasteiger partial charge is 0.384 e. The molecule has 0 amide bonds. The fourth-order valence-electron chi connectivity index (χ4n) is 1.71. The van der Waals surface area contributed by atoms with E-state index in [1.54, 1.807) is 0 Å². The van der Waals surface area contributed by atoms with Gasteiger partial charge in [-0.2, -0.15) is 0 Å². The first-order valence-electron chi connectivity index (χ1n) is 5.26. The molecule has 0 aliphatic rings. The van der Waals surface area contributed by atoms with Gasteiger partial charge in [-0.1, -0.05) is 26.8 Å². The summed E-state index contributed by atoms with van der Waals surface area (Å²) in [7, 11) is 2.13. The molecule has 0 unspecified atom stereocenters. The molecule has 1 aromatic rings. The summed E-state index contributed by atoms with van der Waals surface area (Å²) in [6.45, 7) is 8.71. The van der Waals surface area contributed by atoms with Crippen LogP contribution in [0.2, 0.25) is 0 Å². The van der Waals surface area contributed by atoms with Gasteiger partial charge in [0.2, 0.25) is 0 Å². The first-order valence-corrected chi connectivity index (χ1v) is 5.26. The highest BCUT2D eigenvalue weighted by Crippen LogP contribution is 2.15. The topological polar surface area (TPSA) is 42.1 Å². The van der Waals surface area contributed by atoms with E-state index in [9.17, 15) is 0 Å². The zero-order valence-electron chi connectivity index (χ0n) is 10.1. The summed E-state index contributed by atoms with van der Waals surface area (Å²) >= 11 is 0. The predicted octanol–water partition coefficient (Wildman–Crippen LogP) is 2.14. The first-order chi connectivity index (χ1) is 6.87. The third-order valence-electron chi connectivity index (χ3n) is 2.04. The van der Waals surface area contributed by atoms with Crippen molar-refractivity contribution in [3.8, 4) is 0 Å². The lowest BCUT2D eigenvalue weighted by molar-refractivity contribution is 0.220. The number of pyridine rings is 1. The molecule has 2 N–H and O–H groups in total. The molecule has 3 nitrogen and oxygen atoms in total. The second kappa shape index (κ2) is 4.62. The molecule has 15 heavy (non-hydrogen) atoms. The lowest BCUT2D eigenvalue weighted by Crippen LogP contribution is -2.28. The molecular weight excluding hydrogens is 186 g/mol. The number of nitrogens with zero attached hydrogens (tertiary/aromatic N) is 2. The van der Waals surface area contributed by atoms with E-state index in [1.165, 1.54) is 5.56 Å². The molecule has 3 heteroatoms. The van der Waals surface area contributed by atoms with Gasteiger partial charge >= 0.3 is 0 Å². The van der Waals surface area contributed by atoms with E-state index in [4.69, 9.17) is 5.73 Å². The van der Waals surface area contributed by atoms with Gasteiger partial charge in [-0.15, -0.1) is 0 Å². The van der Waals surface area contributed by atoms with Crippen LogP contribution >= 0.6 is 0 Å². The molecular formula is C12H21N3. The molecule has 1 heterocycles. The maximum atomic E-state index is 5.53. The van der Waals surface area contributed by atoms with Gasteiger partial charge in [0.1, 0.15) is 5.82 Å². The molecule has 0 saturated carbocycles. The van der Waals surface area contributed by atoms with E-state index in [0.717, 1.165) is 13.1 Å². The van der Waals surface area contributed by atoms with Gasteiger partial charge in [-0.25, -0.2) is 4.98 Å². The van der Waals surface area contributed by atoms with Crippen LogP contribution in [-0.4, -0.2) is 23.5 Å². The molecule has 0 spiro atoms. The van der Waals surface area contributed by atoms with Gasteiger partial charge in [0, 0.05) is 19.3 Å². The highest BCUT2D eigenvalue weighted by atomic mass is 15.1. The van der Waals surface area contributed by atoms with Crippen LogP contribution in [0.25, 0.3) is 0 Å². The highest BCUT2D eigenvalue weighted by molar-refractivity contribution is 5.29. The van der Waals surface area contributed by atoms with Crippen molar-refractivity contribution in [1.82, 2.24) is 9.88 Å². The number of nitrogens with two attached hydrogens (primary N) is 1. The molecule has 1 aromatic heterocycles. The van der Waals surface area contributed by atoms with Crippen LogP contribution in [-0.2, 0) is 6.54 Å². The minimum atomic E-state index is 0.329. The lowest BCUT2D eigenvalue weighted by atomic mass is 9.96. The van der Waals surface area contributed by atoms with Crippen LogP contribution in [0.5, 0.6) is 0 Å². The Bertz CT molecular complexity index is 298. The molecule has 0 aliphatic carbocycles. The van der Waals surface area contributed by atoms with Crippen LogP contribution in [0.15, 0.2) is 18.3 Å². The van der Waals surface area contributed by atoms with Crippen LogP contribution in [0.3, 0.4) is 0 Å². The van der Waals surface area contributed by atoms with Crippen LogP contribution in [0.1, 0.15) is 26.3 Å². The Labute approximate surface area is 92.3 Å². The molecule has 0 fully saturated rings. The van der Waals surface area contributed by atoms with E-state index < -0.39 is 0 Å². The smallest absolute Gasteiger partial charge is 0.123 e. The molecule has 0 atom stereocenters. The van der Waals surface area contributed by atoms with Gasteiger partial charge in [-0.3, -0.25) is 0 Å². The van der Waals surface area contributed by atoms with Crippen molar-refractivity contribution < 1.29 is 0 Å². The van der Waals surface area contributed by atoms with Gasteiger partial charge in [0.15, 0.2) is 0 Å². The summed E-state index contributed by atoms with van der Waals surface area (Å²) < 4.78 is 0. The van der Waals surface area contributed by atoms with E-state index in [1.807, 2.05) is 18.3 Å². The molecule has 0 aliphatic heterocycles. The van der Waals surface area contributed by atoms with E-state index in [-0.39, 0.29) is 0 Å². The van der Waals surface area contributed by atoms with Gasteiger partial charge in [-0.05, 0) is 24.1 Å². The second-order valence-electron chi connectivity index (χ2n) is 5.32. The zero-order chi connectivity index (χ0) is 11.5. The Morgan fingerprint density at radius 1 is 1.33 bits per heavy atom. The maximum Gasteiger partial charge on any atom is 0.123 e. The van der Waals surface area contributed by atoms with Gasteiger partial charge in [0.25, 0.3) is 0 Å². The van der Waals surface area contributed by atoms with Gasteiger partial charge in [0.05, 0.1) is 0 Å². The van der Waals surface area contributed by atoms with Crippen molar-refractivity contribution in [2.45, 2.75) is 27.3 Å². The number of aromatic nitrogens is 1. The van der Waals surface area contributed by atoms with Crippen molar-refractivity contribution in [1.29, 1.82) is 0 Å². The average molecular weight is 207 g/mol. The van der Waals surface area contributed by atoms with Crippen molar-refractivity contribution in [3.05, 3.63) is 23.9 Å². The maximum absolute atomic E-state index is 5.53. The zero-order valence-corrected chi connectivity index (χ0v) is 10.1. The Balaban J connectivity index is 2.51. The monoisotopic (exact) mass is 207 g/mol. The molecule has 0 aromatic carbocycles. The van der Waals surface area contributed by atoms with Crippen LogP contribution in [0.4, 0.5) is 5.82 Å². The molecule has 84 valence electrons. The molecule has 0 saturated heterocycles. The second-order valence-corrected chi connectivity index (χ2v) is 5.32. The minimum Gasteiger partial charge on any atom is -0.384 e. The van der Waals surface area contributed by atoms with Crippen molar-refractivity contribution in [3.63, 3.8) is 0 Å². The third-order valence-corrected chi connectivity index (χ3v) is 2.04. The van der Waals surface area contributed by atoms with E-state index in [0.29, 0.717) is 11.2 Å². The van der Waals surface area contributed by atoms with Gasteiger partial charge < -0.3 is 10.6 Å². The molecule has 0 radical (unpaired) electrons. The van der Waals surface area contributed by atoms with Crippen molar-refractivity contribution in [2.24, 2.45) is 5.41 Å². The summed E-state index contributed by atoms with van der Waals surface area (Å²) in [5.74, 6) is 0.581. The Hall–Kier alpha value is -1.09. The van der Waals surface area contributed by atoms with Crippen molar-refractivity contribution >= 4 is 5.82 Å². The lowest BCUT2D eigenvalue weighted by Gasteiger charge is -2.26. The SMILES string of the molecule is CN(Cc1ccc(N)nc1)CC(C)(C)C. The fraction of sp³-hybridized carbons (Fsp3) is 0.583. The number of hydrogen-bond acceptors (Lipinski definition) is 3. The fourth-order valence-corrected chi connectivity index (χ4v) is 1.71. The first kappa shape index (κ1) is 12.0. The Morgan fingerprint density at radius 3 is 2.47 bits per heavy atom. The summed E-state index contributed by atoms with van der Waals surface area (Å²) in [6, 6.07) is 3.88. The summed E-state index contributed by atoms with van der Waals surface area (Å²) in [4.78, 5) is 6.38. The number of rotatable bonds is 3. The summed E-state index contributed by atoms with van der Waals surface area (Å²) in [5, 5.41) is 0. The molecule has 1 rings (SSSR count). The van der Waals surface area contributed by atoms with E-state index in [2.05, 4.69) is 37.7 Å². The number of nitrogen functional groups attached to an aromatic ring is 1. The third kappa shape index (κ3) is 4.79. The average Bonchev–Trinajstić information content (AvgIpc) is 2.05. The minimum absolute atomic E-state index is 0.329. The van der Waals surface area contributed by atoms with Crippen molar-refractivity contribution in [2.75, 3.05) is 19.3 Å². The normalized spacial score (nSPS) is 12.1. The quantitative estimate of drug-likeness (QED) is 0.825. The number of anilines is 1.